The van der Waals surface area contributed by atoms with Crippen LogP contribution in [0.25, 0.3) is 27.5 Å². The van der Waals surface area contributed by atoms with Crippen LogP contribution < -0.4 is 5.56 Å². The fourth-order valence-electron chi connectivity index (χ4n) is 3.67. The Bertz CT molecular complexity index is 1660. The summed E-state index contributed by atoms with van der Waals surface area (Å²) in [6.45, 7) is 1.68. The monoisotopic (exact) mass is 445 g/mol. The largest absolute Gasteiger partial charge is 0.338 e. The standard InChI is InChI=1S/C23H13Cl2N5O/c1-12-16(11-26)22-27-19-9-17(24)18(25)10-20(19)30(22)23(31)21(12)29-28-15-7-6-13-4-2-3-5-14(13)8-15/h2-10,27H,1H3. The molecule has 0 aliphatic carbocycles. The van der Waals surface area contributed by atoms with Gasteiger partial charge in [0.15, 0.2) is 5.69 Å². The molecule has 1 N–H and O–H groups in total. The van der Waals surface area contributed by atoms with Gasteiger partial charge >= 0.3 is 0 Å². The van der Waals surface area contributed by atoms with Crippen LogP contribution in [0.3, 0.4) is 0 Å². The number of aromatic nitrogens is 2. The predicted molar refractivity (Wildman–Crippen MR) is 123 cm³/mol. The van der Waals surface area contributed by atoms with Crippen molar-refractivity contribution in [2.45, 2.75) is 6.92 Å². The number of aromatic amines is 1. The van der Waals surface area contributed by atoms with Crippen LogP contribution >= 0.6 is 23.2 Å². The minimum absolute atomic E-state index is 0.0918. The van der Waals surface area contributed by atoms with Gasteiger partial charge in [0, 0.05) is 5.56 Å². The van der Waals surface area contributed by atoms with Crippen molar-refractivity contribution >= 4 is 62.0 Å². The molecule has 5 rings (SSSR count). The number of H-pyrrole nitrogens is 1. The average molecular weight is 446 g/mol. The second-order valence-electron chi connectivity index (χ2n) is 7.09. The normalized spacial score (nSPS) is 11.7. The molecule has 0 saturated heterocycles. The highest BCUT2D eigenvalue weighted by molar-refractivity contribution is 6.42. The molecule has 0 amide bonds. The molecule has 0 saturated carbocycles. The van der Waals surface area contributed by atoms with E-state index in [0.29, 0.717) is 43.5 Å². The van der Waals surface area contributed by atoms with Crippen molar-refractivity contribution in [3.05, 3.63) is 86.1 Å². The first-order chi connectivity index (χ1) is 15.0. The molecule has 5 aromatic rings. The topological polar surface area (TPSA) is 85.8 Å². The molecule has 2 heterocycles. The van der Waals surface area contributed by atoms with Crippen LogP contribution in [0.2, 0.25) is 10.0 Å². The highest BCUT2D eigenvalue weighted by Crippen LogP contribution is 2.31. The number of nitrogens with zero attached hydrogens (tertiary/aromatic N) is 4. The Morgan fingerprint density at radius 3 is 2.52 bits per heavy atom. The first-order valence-electron chi connectivity index (χ1n) is 9.34. The third-order valence-corrected chi connectivity index (χ3v) is 5.96. The molecule has 150 valence electrons. The van der Waals surface area contributed by atoms with E-state index in [4.69, 9.17) is 23.2 Å². The Kier molecular flexibility index (Phi) is 4.51. The minimum Gasteiger partial charge on any atom is -0.338 e. The van der Waals surface area contributed by atoms with Gasteiger partial charge in [0.05, 0.1) is 32.3 Å². The molecule has 2 aromatic heterocycles. The average Bonchev–Trinajstić information content (AvgIpc) is 3.12. The molecule has 3 aromatic carbocycles. The highest BCUT2D eigenvalue weighted by atomic mass is 35.5. The van der Waals surface area contributed by atoms with E-state index in [-0.39, 0.29) is 5.69 Å². The predicted octanol–water partition coefficient (Wildman–Crippen LogP) is 6.84. The third kappa shape index (κ3) is 3.07. The van der Waals surface area contributed by atoms with E-state index < -0.39 is 5.56 Å². The molecule has 0 atom stereocenters. The van der Waals surface area contributed by atoms with E-state index in [0.717, 1.165) is 10.8 Å². The molecule has 8 heteroatoms. The Morgan fingerprint density at radius 2 is 1.74 bits per heavy atom. The molecular formula is C23H13Cl2N5O. The highest BCUT2D eigenvalue weighted by Gasteiger charge is 2.19. The number of halogens is 2. The van der Waals surface area contributed by atoms with Crippen molar-refractivity contribution in [2.75, 3.05) is 0 Å². The van der Waals surface area contributed by atoms with Crippen LogP contribution in [-0.2, 0) is 0 Å². The summed E-state index contributed by atoms with van der Waals surface area (Å²) in [5.74, 6) is 0. The summed E-state index contributed by atoms with van der Waals surface area (Å²) in [5, 5.41) is 21.0. The van der Waals surface area contributed by atoms with Gasteiger partial charge in [-0.25, -0.2) is 0 Å². The SMILES string of the molecule is Cc1c(N=Nc2ccc3ccccc3c2)c(=O)n2c([nH]c3cc(Cl)c(Cl)cc32)c1C#N. The first-order valence-corrected chi connectivity index (χ1v) is 10.1. The van der Waals surface area contributed by atoms with E-state index in [1.807, 2.05) is 42.5 Å². The maximum absolute atomic E-state index is 13.3. The molecule has 31 heavy (non-hydrogen) atoms. The van der Waals surface area contributed by atoms with Crippen molar-refractivity contribution in [3.8, 4) is 6.07 Å². The Morgan fingerprint density at radius 1 is 1.00 bits per heavy atom. The van der Waals surface area contributed by atoms with Gasteiger partial charge in [-0.1, -0.05) is 53.5 Å². The summed E-state index contributed by atoms with van der Waals surface area (Å²) in [6.07, 6.45) is 0. The van der Waals surface area contributed by atoms with Gasteiger partial charge in [-0.3, -0.25) is 9.20 Å². The second-order valence-corrected chi connectivity index (χ2v) is 7.90. The fourth-order valence-corrected chi connectivity index (χ4v) is 4.00. The number of imidazole rings is 1. The molecule has 0 radical (unpaired) electrons. The summed E-state index contributed by atoms with van der Waals surface area (Å²) in [4.78, 5) is 16.4. The van der Waals surface area contributed by atoms with E-state index in [1.54, 1.807) is 19.1 Å². The lowest BCUT2D eigenvalue weighted by Gasteiger charge is -2.05. The summed E-state index contributed by atoms with van der Waals surface area (Å²) in [5.41, 5.74) is 2.50. The van der Waals surface area contributed by atoms with E-state index in [2.05, 4.69) is 21.3 Å². The second kappa shape index (κ2) is 7.24. The molecule has 0 unspecified atom stereocenters. The van der Waals surface area contributed by atoms with Crippen molar-refractivity contribution in [1.82, 2.24) is 9.38 Å². The lowest BCUT2D eigenvalue weighted by molar-refractivity contribution is 1.08. The number of benzene rings is 3. The smallest absolute Gasteiger partial charge is 0.284 e. The molecular weight excluding hydrogens is 433 g/mol. The van der Waals surface area contributed by atoms with E-state index >= 15 is 0 Å². The summed E-state index contributed by atoms with van der Waals surface area (Å²) in [7, 11) is 0. The number of pyridine rings is 1. The van der Waals surface area contributed by atoms with E-state index in [9.17, 15) is 10.1 Å². The number of hydrogen-bond donors (Lipinski definition) is 1. The number of nitriles is 1. The maximum Gasteiger partial charge on any atom is 0.284 e. The Labute approximate surface area is 186 Å². The summed E-state index contributed by atoms with van der Waals surface area (Å²) >= 11 is 12.3. The van der Waals surface area contributed by atoms with Crippen molar-refractivity contribution in [3.63, 3.8) is 0 Å². The number of fused-ring (bicyclic) bond motifs is 4. The van der Waals surface area contributed by atoms with Crippen molar-refractivity contribution in [2.24, 2.45) is 10.2 Å². The number of rotatable bonds is 2. The lowest BCUT2D eigenvalue weighted by atomic mass is 10.1. The van der Waals surface area contributed by atoms with Crippen LogP contribution in [0, 0.1) is 18.3 Å². The van der Waals surface area contributed by atoms with Gasteiger partial charge in [-0.15, -0.1) is 5.11 Å². The van der Waals surface area contributed by atoms with Gasteiger partial charge in [0.2, 0.25) is 0 Å². The van der Waals surface area contributed by atoms with Gasteiger partial charge < -0.3 is 4.98 Å². The zero-order valence-corrected chi connectivity index (χ0v) is 17.7. The maximum atomic E-state index is 13.3. The van der Waals surface area contributed by atoms with Gasteiger partial charge in [0.25, 0.3) is 5.56 Å². The third-order valence-electron chi connectivity index (χ3n) is 5.24. The minimum atomic E-state index is -0.402. The van der Waals surface area contributed by atoms with Gasteiger partial charge in [-0.05, 0) is 42.0 Å². The summed E-state index contributed by atoms with van der Waals surface area (Å²) in [6, 6.07) is 18.9. The zero-order chi connectivity index (χ0) is 21.7. The number of azo groups is 1. The van der Waals surface area contributed by atoms with Crippen LogP contribution in [-0.4, -0.2) is 9.38 Å². The quantitative estimate of drug-likeness (QED) is 0.301. The lowest BCUT2D eigenvalue weighted by Crippen LogP contribution is -2.15. The molecule has 0 fully saturated rings. The van der Waals surface area contributed by atoms with Crippen molar-refractivity contribution < 1.29 is 0 Å². The molecule has 6 nitrogen and oxygen atoms in total. The fraction of sp³-hybridized carbons (Fsp3) is 0.0435. The zero-order valence-electron chi connectivity index (χ0n) is 16.1. The summed E-state index contributed by atoms with van der Waals surface area (Å²) < 4.78 is 1.39. The Hall–Kier alpha value is -3.66. The Balaban J connectivity index is 1.75. The molecule has 0 bridgehead atoms. The van der Waals surface area contributed by atoms with Crippen molar-refractivity contribution in [1.29, 1.82) is 5.26 Å². The molecule has 0 aliphatic rings. The van der Waals surface area contributed by atoms with Gasteiger partial charge in [-0.2, -0.15) is 10.4 Å². The van der Waals surface area contributed by atoms with E-state index in [1.165, 1.54) is 4.40 Å². The van der Waals surface area contributed by atoms with Crippen LogP contribution in [0.1, 0.15) is 11.1 Å². The van der Waals surface area contributed by atoms with Crippen LogP contribution in [0.4, 0.5) is 11.4 Å². The van der Waals surface area contributed by atoms with Crippen LogP contribution in [0.15, 0.2) is 69.6 Å². The molecule has 0 aliphatic heterocycles. The first kappa shape index (κ1) is 19.3. The molecule has 0 spiro atoms. The van der Waals surface area contributed by atoms with Crippen LogP contribution in [0.5, 0.6) is 0 Å². The van der Waals surface area contributed by atoms with Gasteiger partial charge in [0.1, 0.15) is 11.7 Å². The number of hydrogen-bond acceptors (Lipinski definition) is 4. The number of nitrogens with one attached hydrogen (secondary N) is 1.